The Balaban J connectivity index is 2.32. The van der Waals surface area contributed by atoms with Gasteiger partial charge in [-0.2, -0.15) is 5.26 Å². The van der Waals surface area contributed by atoms with Crippen molar-refractivity contribution in [2.45, 2.75) is 13.8 Å². The van der Waals surface area contributed by atoms with Crippen LogP contribution in [0.3, 0.4) is 0 Å². The molecule has 0 unspecified atom stereocenters. The summed E-state index contributed by atoms with van der Waals surface area (Å²) in [7, 11) is 1.40. The maximum atomic E-state index is 12.5. The molecule has 0 heterocycles. The Kier molecular flexibility index (Phi) is 7.39. The number of ether oxygens (including phenoxy) is 2. The summed E-state index contributed by atoms with van der Waals surface area (Å²) in [5.74, 6) is -1.19. The second-order valence-electron chi connectivity index (χ2n) is 6.16. The van der Waals surface area contributed by atoms with Crippen LogP contribution in [0.1, 0.15) is 16.7 Å². The standard InChI is InChI=1S/C21H19BrN2O5/c1-12-4-5-17(13(2)6-12)24-21(27)15(10-23)7-14-8-16(22)20(18(9-14)28-3)29-11-19(25)26/h4-9H,11H2,1-3H3,(H,24,27)(H,25,26)/b15-7+. The molecule has 7 nitrogen and oxygen atoms in total. The first-order valence-corrected chi connectivity index (χ1v) is 9.27. The summed E-state index contributed by atoms with van der Waals surface area (Å²) in [6.45, 7) is 3.29. The highest BCUT2D eigenvalue weighted by molar-refractivity contribution is 9.10. The third kappa shape index (κ3) is 5.83. The highest BCUT2D eigenvalue weighted by Crippen LogP contribution is 2.37. The van der Waals surface area contributed by atoms with Gasteiger partial charge in [-0.15, -0.1) is 0 Å². The molecule has 0 bridgehead atoms. The van der Waals surface area contributed by atoms with Crippen LogP contribution in [0.4, 0.5) is 5.69 Å². The van der Waals surface area contributed by atoms with Crippen molar-refractivity contribution in [2.24, 2.45) is 0 Å². The number of nitrogens with zero attached hydrogens (tertiary/aromatic N) is 1. The van der Waals surface area contributed by atoms with Crippen molar-refractivity contribution < 1.29 is 24.2 Å². The molecule has 0 radical (unpaired) electrons. The summed E-state index contributed by atoms with van der Waals surface area (Å²) in [5.41, 5.74) is 2.98. The van der Waals surface area contributed by atoms with Gasteiger partial charge >= 0.3 is 5.97 Å². The van der Waals surface area contributed by atoms with Crippen molar-refractivity contribution >= 4 is 39.6 Å². The number of nitrogens with one attached hydrogen (secondary N) is 1. The van der Waals surface area contributed by atoms with E-state index in [-0.39, 0.29) is 17.1 Å². The molecule has 2 aromatic carbocycles. The smallest absolute Gasteiger partial charge is 0.341 e. The Morgan fingerprint density at radius 2 is 2.00 bits per heavy atom. The fraction of sp³-hybridized carbons (Fsp3) is 0.190. The molecule has 2 rings (SSSR count). The number of nitriles is 1. The molecule has 0 aliphatic heterocycles. The number of halogens is 1. The van der Waals surface area contributed by atoms with E-state index in [9.17, 15) is 14.9 Å². The highest BCUT2D eigenvalue weighted by atomic mass is 79.9. The number of anilines is 1. The number of aryl methyl sites for hydroxylation is 2. The lowest BCUT2D eigenvalue weighted by atomic mass is 10.1. The van der Waals surface area contributed by atoms with E-state index in [4.69, 9.17) is 14.6 Å². The van der Waals surface area contributed by atoms with E-state index in [1.807, 2.05) is 32.0 Å². The molecule has 0 fully saturated rings. The Labute approximate surface area is 176 Å². The molecule has 2 N–H and O–H groups in total. The molecule has 0 saturated heterocycles. The van der Waals surface area contributed by atoms with E-state index < -0.39 is 18.5 Å². The lowest BCUT2D eigenvalue weighted by molar-refractivity contribution is -0.139. The number of amides is 1. The van der Waals surface area contributed by atoms with Gasteiger partial charge in [0.2, 0.25) is 0 Å². The van der Waals surface area contributed by atoms with Crippen molar-refractivity contribution in [1.82, 2.24) is 0 Å². The number of carbonyl (C=O) groups is 2. The van der Waals surface area contributed by atoms with Crippen molar-refractivity contribution in [3.05, 3.63) is 57.1 Å². The first kappa shape index (κ1) is 22.0. The third-order valence-electron chi connectivity index (χ3n) is 3.90. The second kappa shape index (κ2) is 9.75. The van der Waals surface area contributed by atoms with E-state index in [0.717, 1.165) is 11.1 Å². The largest absolute Gasteiger partial charge is 0.493 e. The van der Waals surface area contributed by atoms with Crippen LogP contribution in [-0.4, -0.2) is 30.7 Å². The van der Waals surface area contributed by atoms with Crippen LogP contribution in [0.25, 0.3) is 6.08 Å². The quantitative estimate of drug-likeness (QED) is 0.477. The molecule has 0 aliphatic carbocycles. The number of carbonyl (C=O) groups excluding carboxylic acids is 1. The van der Waals surface area contributed by atoms with Crippen LogP contribution in [0.2, 0.25) is 0 Å². The van der Waals surface area contributed by atoms with Crippen molar-refractivity contribution in [2.75, 3.05) is 19.0 Å². The average Bonchev–Trinajstić information content (AvgIpc) is 2.66. The summed E-state index contributed by atoms with van der Waals surface area (Å²) >= 11 is 3.30. The molecular formula is C21H19BrN2O5. The minimum absolute atomic E-state index is 0.0990. The van der Waals surface area contributed by atoms with Gasteiger partial charge in [-0.3, -0.25) is 4.79 Å². The van der Waals surface area contributed by atoms with E-state index in [1.165, 1.54) is 13.2 Å². The van der Waals surface area contributed by atoms with Gasteiger partial charge in [0.15, 0.2) is 18.1 Å². The lowest BCUT2D eigenvalue weighted by Gasteiger charge is -2.12. The fourth-order valence-corrected chi connectivity index (χ4v) is 3.13. The molecule has 150 valence electrons. The maximum absolute atomic E-state index is 12.5. The summed E-state index contributed by atoms with van der Waals surface area (Å²) in [5, 5.41) is 20.9. The number of hydrogen-bond acceptors (Lipinski definition) is 5. The number of benzene rings is 2. The van der Waals surface area contributed by atoms with Gasteiger partial charge in [-0.25, -0.2) is 4.79 Å². The van der Waals surface area contributed by atoms with Gasteiger partial charge in [0.1, 0.15) is 11.6 Å². The number of aliphatic carboxylic acids is 1. The molecule has 2 aromatic rings. The van der Waals surface area contributed by atoms with E-state index in [1.54, 1.807) is 18.2 Å². The van der Waals surface area contributed by atoms with Gasteiger partial charge in [0.25, 0.3) is 5.91 Å². The predicted molar refractivity (Wildman–Crippen MR) is 112 cm³/mol. The van der Waals surface area contributed by atoms with Crippen molar-refractivity contribution in [1.29, 1.82) is 5.26 Å². The Hall–Kier alpha value is -3.31. The summed E-state index contributed by atoms with van der Waals surface area (Å²) in [6, 6.07) is 10.6. The summed E-state index contributed by atoms with van der Waals surface area (Å²) < 4.78 is 10.9. The average molecular weight is 459 g/mol. The van der Waals surface area contributed by atoms with Gasteiger partial charge < -0.3 is 19.9 Å². The topological polar surface area (TPSA) is 109 Å². The molecule has 0 aliphatic rings. The van der Waals surface area contributed by atoms with Crippen LogP contribution in [0.15, 0.2) is 40.4 Å². The Morgan fingerprint density at radius 1 is 1.28 bits per heavy atom. The van der Waals surface area contributed by atoms with Crippen LogP contribution in [-0.2, 0) is 9.59 Å². The second-order valence-corrected chi connectivity index (χ2v) is 7.01. The van der Waals surface area contributed by atoms with Gasteiger partial charge in [-0.1, -0.05) is 17.7 Å². The first-order chi connectivity index (χ1) is 13.7. The number of rotatable bonds is 7. The number of hydrogen-bond donors (Lipinski definition) is 2. The first-order valence-electron chi connectivity index (χ1n) is 8.47. The predicted octanol–water partition coefficient (Wildman–Crippen LogP) is 4.08. The molecule has 0 saturated carbocycles. The van der Waals surface area contributed by atoms with Gasteiger partial charge in [0.05, 0.1) is 11.6 Å². The number of methoxy groups -OCH3 is 1. The molecular weight excluding hydrogens is 440 g/mol. The number of carboxylic acid groups (broad SMARTS) is 1. The minimum atomic E-state index is -1.13. The molecule has 0 aromatic heterocycles. The third-order valence-corrected chi connectivity index (χ3v) is 4.49. The molecule has 0 spiro atoms. The number of carboxylic acids is 1. The maximum Gasteiger partial charge on any atom is 0.341 e. The molecule has 29 heavy (non-hydrogen) atoms. The summed E-state index contributed by atoms with van der Waals surface area (Å²) in [6.07, 6.45) is 1.41. The van der Waals surface area contributed by atoms with Crippen molar-refractivity contribution in [3.8, 4) is 17.6 Å². The SMILES string of the molecule is COc1cc(/C=C(\C#N)C(=O)Nc2ccc(C)cc2C)cc(Br)c1OCC(=O)O. The normalized spacial score (nSPS) is 10.8. The zero-order chi connectivity index (χ0) is 21.6. The fourth-order valence-electron chi connectivity index (χ4n) is 2.56. The lowest BCUT2D eigenvalue weighted by Crippen LogP contribution is -2.14. The minimum Gasteiger partial charge on any atom is -0.493 e. The van der Waals surface area contributed by atoms with Crippen LogP contribution in [0, 0.1) is 25.2 Å². The van der Waals surface area contributed by atoms with Gasteiger partial charge in [0, 0.05) is 5.69 Å². The summed E-state index contributed by atoms with van der Waals surface area (Å²) in [4.78, 5) is 23.3. The van der Waals surface area contributed by atoms with Crippen LogP contribution >= 0.6 is 15.9 Å². The molecule has 8 heteroatoms. The van der Waals surface area contributed by atoms with Crippen LogP contribution < -0.4 is 14.8 Å². The van der Waals surface area contributed by atoms with E-state index >= 15 is 0 Å². The highest BCUT2D eigenvalue weighted by Gasteiger charge is 2.15. The Bertz CT molecular complexity index is 1020. The van der Waals surface area contributed by atoms with Crippen LogP contribution in [0.5, 0.6) is 11.5 Å². The molecule has 0 atom stereocenters. The van der Waals surface area contributed by atoms with E-state index in [0.29, 0.717) is 15.7 Å². The zero-order valence-electron chi connectivity index (χ0n) is 16.1. The Morgan fingerprint density at radius 3 is 2.59 bits per heavy atom. The van der Waals surface area contributed by atoms with Crippen molar-refractivity contribution in [3.63, 3.8) is 0 Å². The molecule has 1 amide bonds. The van der Waals surface area contributed by atoms with E-state index in [2.05, 4.69) is 21.2 Å². The zero-order valence-corrected chi connectivity index (χ0v) is 17.7. The van der Waals surface area contributed by atoms with Gasteiger partial charge in [-0.05, 0) is 65.2 Å². The monoisotopic (exact) mass is 458 g/mol.